The normalized spacial score (nSPS) is 13.1. The van der Waals surface area contributed by atoms with Crippen molar-refractivity contribution in [3.63, 3.8) is 0 Å². The molecule has 0 spiro atoms. The lowest BCUT2D eigenvalue weighted by Crippen LogP contribution is -2.30. The van der Waals surface area contributed by atoms with E-state index >= 15 is 0 Å². The maximum Gasteiger partial charge on any atom is 0.311 e. The van der Waals surface area contributed by atoms with Gasteiger partial charge in [-0.15, -0.1) is 0 Å². The van der Waals surface area contributed by atoms with E-state index in [4.69, 9.17) is 4.74 Å². The van der Waals surface area contributed by atoms with Gasteiger partial charge < -0.3 is 4.74 Å². The van der Waals surface area contributed by atoms with E-state index in [-0.39, 0.29) is 11.4 Å². The summed E-state index contributed by atoms with van der Waals surface area (Å²) >= 11 is 0. The lowest BCUT2D eigenvalue weighted by atomic mass is 9.79. The number of carbonyl (C=O) groups excluding carboxylic acids is 1. The van der Waals surface area contributed by atoms with Crippen LogP contribution in [0, 0.1) is 5.41 Å². The Hall–Kier alpha value is -0.530. The molecule has 0 aromatic rings. The van der Waals surface area contributed by atoms with Gasteiger partial charge >= 0.3 is 5.97 Å². The van der Waals surface area contributed by atoms with Crippen LogP contribution in [0.15, 0.2) is 0 Å². The van der Waals surface area contributed by atoms with Crippen molar-refractivity contribution in [1.29, 1.82) is 0 Å². The summed E-state index contributed by atoms with van der Waals surface area (Å²) in [5.41, 5.74) is -0.276. The quantitative estimate of drug-likeness (QED) is 0.0650. The second-order valence-electron chi connectivity index (χ2n) is 12.7. The lowest BCUT2D eigenvalue weighted by molar-refractivity contribution is -0.156. The number of rotatable bonds is 31. The molecule has 0 bridgehead atoms. The van der Waals surface area contributed by atoms with Gasteiger partial charge in [0.2, 0.25) is 0 Å². The SMILES string of the molecule is CCCCCCCCCCCCCCC(C)(CCCCCCCCCCCC)C(=O)OCCCCCCC. The van der Waals surface area contributed by atoms with Gasteiger partial charge in [-0.2, -0.15) is 0 Å². The Morgan fingerprint density at radius 2 is 0.684 bits per heavy atom. The van der Waals surface area contributed by atoms with Gasteiger partial charge in [0.15, 0.2) is 0 Å². The monoisotopic (exact) mass is 537 g/mol. The first kappa shape index (κ1) is 37.5. The topological polar surface area (TPSA) is 26.3 Å². The van der Waals surface area contributed by atoms with Crippen molar-refractivity contribution < 1.29 is 9.53 Å². The van der Waals surface area contributed by atoms with E-state index < -0.39 is 0 Å². The molecule has 0 aromatic heterocycles. The summed E-state index contributed by atoms with van der Waals surface area (Å²) in [5.74, 6) is 0.0898. The van der Waals surface area contributed by atoms with Crippen LogP contribution in [0.5, 0.6) is 0 Å². The highest BCUT2D eigenvalue weighted by Crippen LogP contribution is 2.33. The molecule has 2 nitrogen and oxygen atoms in total. The Kier molecular flexibility index (Phi) is 29.0. The highest BCUT2D eigenvalue weighted by atomic mass is 16.5. The van der Waals surface area contributed by atoms with Crippen molar-refractivity contribution in [2.45, 2.75) is 214 Å². The number of hydrogen-bond donors (Lipinski definition) is 0. The predicted octanol–water partition coefficient (Wildman–Crippen LogP) is 12.9. The van der Waals surface area contributed by atoms with Gasteiger partial charge in [0.25, 0.3) is 0 Å². The second-order valence-corrected chi connectivity index (χ2v) is 12.7. The van der Waals surface area contributed by atoms with Crippen LogP contribution in [-0.4, -0.2) is 12.6 Å². The maximum atomic E-state index is 13.2. The molecule has 0 aliphatic carbocycles. The fraction of sp³-hybridized carbons (Fsp3) is 0.972. The van der Waals surface area contributed by atoms with Gasteiger partial charge in [-0.25, -0.2) is 0 Å². The first-order chi connectivity index (χ1) is 18.6. The molecule has 228 valence electrons. The third kappa shape index (κ3) is 24.5. The minimum Gasteiger partial charge on any atom is -0.465 e. The molecule has 0 aromatic carbocycles. The van der Waals surface area contributed by atoms with E-state index in [1.165, 1.54) is 167 Å². The van der Waals surface area contributed by atoms with Gasteiger partial charge in [-0.05, 0) is 26.2 Å². The van der Waals surface area contributed by atoms with Crippen molar-refractivity contribution in [1.82, 2.24) is 0 Å². The zero-order valence-electron chi connectivity index (χ0n) is 27.0. The molecule has 0 aliphatic rings. The summed E-state index contributed by atoms with van der Waals surface area (Å²) in [4.78, 5) is 13.2. The average Bonchev–Trinajstić information content (AvgIpc) is 2.92. The molecular formula is C36H72O2. The molecular weight excluding hydrogens is 464 g/mol. The number of carbonyl (C=O) groups is 1. The van der Waals surface area contributed by atoms with Gasteiger partial charge in [0.05, 0.1) is 12.0 Å². The van der Waals surface area contributed by atoms with Crippen molar-refractivity contribution >= 4 is 5.97 Å². The fourth-order valence-corrected chi connectivity index (χ4v) is 5.73. The number of ether oxygens (including phenoxy) is 1. The van der Waals surface area contributed by atoms with Crippen molar-refractivity contribution in [3.8, 4) is 0 Å². The van der Waals surface area contributed by atoms with E-state index in [0.717, 1.165) is 19.3 Å². The molecule has 38 heavy (non-hydrogen) atoms. The van der Waals surface area contributed by atoms with Crippen molar-refractivity contribution in [2.75, 3.05) is 6.61 Å². The third-order valence-corrected chi connectivity index (χ3v) is 8.64. The van der Waals surface area contributed by atoms with E-state index in [2.05, 4.69) is 27.7 Å². The summed E-state index contributed by atoms with van der Waals surface area (Å²) in [5, 5.41) is 0. The summed E-state index contributed by atoms with van der Waals surface area (Å²) < 4.78 is 5.85. The van der Waals surface area contributed by atoms with Crippen LogP contribution < -0.4 is 0 Å². The molecule has 0 rings (SSSR count). The smallest absolute Gasteiger partial charge is 0.311 e. The van der Waals surface area contributed by atoms with Crippen molar-refractivity contribution in [3.05, 3.63) is 0 Å². The largest absolute Gasteiger partial charge is 0.465 e. The highest BCUT2D eigenvalue weighted by Gasteiger charge is 2.33. The Labute approximate surface area is 241 Å². The van der Waals surface area contributed by atoms with Crippen LogP contribution in [0.3, 0.4) is 0 Å². The summed E-state index contributed by atoms with van der Waals surface area (Å²) in [6.07, 6.45) is 37.9. The molecule has 0 N–H and O–H groups in total. The first-order valence-electron chi connectivity index (χ1n) is 17.8. The van der Waals surface area contributed by atoms with E-state index in [9.17, 15) is 4.79 Å². The Morgan fingerprint density at radius 3 is 1.00 bits per heavy atom. The van der Waals surface area contributed by atoms with Crippen LogP contribution in [0.4, 0.5) is 0 Å². The zero-order valence-corrected chi connectivity index (χ0v) is 27.0. The van der Waals surface area contributed by atoms with E-state index in [1.54, 1.807) is 0 Å². The van der Waals surface area contributed by atoms with Gasteiger partial charge in [0, 0.05) is 0 Å². The van der Waals surface area contributed by atoms with Crippen LogP contribution in [0.1, 0.15) is 214 Å². The Balaban J connectivity index is 4.18. The van der Waals surface area contributed by atoms with E-state index in [1.807, 2.05) is 0 Å². The van der Waals surface area contributed by atoms with E-state index in [0.29, 0.717) is 6.61 Å². The summed E-state index contributed by atoms with van der Waals surface area (Å²) in [7, 11) is 0. The standard InChI is InChI=1S/C36H72O2/c1-5-8-11-14-16-18-20-21-23-25-27-30-33-36(4,35(37)38-34-31-28-13-10-7-3)32-29-26-24-22-19-17-15-12-9-6-2/h5-34H2,1-4H3. The summed E-state index contributed by atoms with van der Waals surface area (Å²) in [6.45, 7) is 9.65. The molecule has 0 amide bonds. The molecule has 0 aliphatic heterocycles. The minimum absolute atomic E-state index is 0.0898. The van der Waals surface area contributed by atoms with Crippen LogP contribution in [0.2, 0.25) is 0 Å². The number of unbranched alkanes of at least 4 members (excludes halogenated alkanes) is 24. The van der Waals surface area contributed by atoms with Crippen LogP contribution in [0.25, 0.3) is 0 Å². The molecule has 0 saturated carbocycles. The highest BCUT2D eigenvalue weighted by molar-refractivity contribution is 5.76. The lowest BCUT2D eigenvalue weighted by Gasteiger charge is -2.27. The number of esters is 1. The molecule has 2 heteroatoms. The molecule has 1 unspecified atom stereocenters. The van der Waals surface area contributed by atoms with Gasteiger partial charge in [-0.1, -0.05) is 188 Å². The van der Waals surface area contributed by atoms with Gasteiger partial charge in [-0.3, -0.25) is 4.79 Å². The molecule has 1 atom stereocenters. The van der Waals surface area contributed by atoms with Crippen molar-refractivity contribution in [2.24, 2.45) is 5.41 Å². The minimum atomic E-state index is -0.276. The molecule has 0 heterocycles. The average molecular weight is 537 g/mol. The molecule has 0 radical (unpaired) electrons. The molecule has 0 fully saturated rings. The number of hydrogen-bond acceptors (Lipinski definition) is 2. The maximum absolute atomic E-state index is 13.2. The molecule has 0 saturated heterocycles. The Morgan fingerprint density at radius 1 is 0.421 bits per heavy atom. The second kappa shape index (κ2) is 29.5. The fourth-order valence-electron chi connectivity index (χ4n) is 5.73. The first-order valence-corrected chi connectivity index (χ1v) is 17.8. The third-order valence-electron chi connectivity index (χ3n) is 8.64. The van der Waals surface area contributed by atoms with Gasteiger partial charge in [0.1, 0.15) is 0 Å². The zero-order chi connectivity index (χ0) is 28.0. The Bertz CT molecular complexity index is 474. The predicted molar refractivity (Wildman–Crippen MR) is 170 cm³/mol. The van der Waals surface area contributed by atoms with Crippen LogP contribution in [-0.2, 0) is 9.53 Å². The van der Waals surface area contributed by atoms with Crippen LogP contribution >= 0.6 is 0 Å². The summed E-state index contributed by atoms with van der Waals surface area (Å²) in [6, 6.07) is 0.